The Bertz CT molecular complexity index is 1160. The number of hydrogen-bond donors (Lipinski definition) is 1. The number of hydrogen-bond acceptors (Lipinski definition) is 6. The third kappa shape index (κ3) is 3.42. The minimum absolute atomic E-state index is 0.147. The van der Waals surface area contributed by atoms with E-state index in [2.05, 4.69) is 5.32 Å². The summed E-state index contributed by atoms with van der Waals surface area (Å²) >= 11 is 7.66. The molecule has 1 aromatic heterocycles. The second kappa shape index (κ2) is 8.22. The lowest BCUT2D eigenvalue weighted by Crippen LogP contribution is -2.32. The molecule has 4 rings (SSSR count). The van der Waals surface area contributed by atoms with Crippen molar-refractivity contribution in [1.29, 1.82) is 0 Å². The maximum atomic E-state index is 13.4. The van der Waals surface area contributed by atoms with E-state index in [9.17, 15) is 9.59 Å². The van der Waals surface area contributed by atoms with Crippen molar-refractivity contribution >= 4 is 51.7 Å². The van der Waals surface area contributed by atoms with E-state index in [4.69, 9.17) is 21.1 Å². The van der Waals surface area contributed by atoms with E-state index in [-0.39, 0.29) is 11.3 Å². The van der Waals surface area contributed by atoms with Crippen LogP contribution >= 0.6 is 22.9 Å². The third-order valence-electron chi connectivity index (χ3n) is 4.61. The average molecular weight is 441 g/mol. The molecule has 0 saturated carbocycles. The molecule has 6 nitrogen and oxygen atoms in total. The number of thiophene rings is 1. The SMILES string of the molecule is COc1ccc(OC)c(NC2=C(c3cccs3)C(=O)N(c3ccccc3Cl)C2=O)c1. The number of carbonyl (C=O) groups is 2. The van der Waals surface area contributed by atoms with Gasteiger partial charge in [-0.3, -0.25) is 9.59 Å². The van der Waals surface area contributed by atoms with Crippen LogP contribution in [0.3, 0.4) is 0 Å². The molecule has 30 heavy (non-hydrogen) atoms. The maximum absolute atomic E-state index is 13.4. The first-order valence-corrected chi connectivity index (χ1v) is 10.2. The van der Waals surface area contributed by atoms with E-state index < -0.39 is 11.8 Å². The van der Waals surface area contributed by atoms with Crippen molar-refractivity contribution in [3.63, 3.8) is 0 Å². The topological polar surface area (TPSA) is 67.9 Å². The number of imide groups is 1. The molecule has 2 amide bonds. The van der Waals surface area contributed by atoms with Crippen LogP contribution in [-0.2, 0) is 9.59 Å². The molecule has 0 aliphatic carbocycles. The van der Waals surface area contributed by atoms with Gasteiger partial charge in [-0.2, -0.15) is 0 Å². The van der Waals surface area contributed by atoms with Crippen LogP contribution in [0.15, 0.2) is 65.7 Å². The number of nitrogens with zero attached hydrogens (tertiary/aromatic N) is 1. The van der Waals surface area contributed by atoms with Crippen molar-refractivity contribution in [3.05, 3.63) is 75.6 Å². The molecule has 1 N–H and O–H groups in total. The summed E-state index contributed by atoms with van der Waals surface area (Å²) in [6.07, 6.45) is 0. The third-order valence-corrected chi connectivity index (χ3v) is 5.82. The molecule has 2 heterocycles. The Morgan fingerprint density at radius 3 is 2.43 bits per heavy atom. The highest BCUT2D eigenvalue weighted by molar-refractivity contribution is 7.11. The zero-order valence-corrected chi connectivity index (χ0v) is 17.7. The van der Waals surface area contributed by atoms with Crippen LogP contribution in [0.1, 0.15) is 4.88 Å². The highest BCUT2D eigenvalue weighted by Gasteiger charge is 2.41. The molecule has 1 aliphatic heterocycles. The summed E-state index contributed by atoms with van der Waals surface area (Å²) in [4.78, 5) is 28.5. The minimum Gasteiger partial charge on any atom is -0.497 e. The minimum atomic E-state index is -0.499. The van der Waals surface area contributed by atoms with Crippen LogP contribution < -0.4 is 19.7 Å². The van der Waals surface area contributed by atoms with Gasteiger partial charge in [-0.15, -0.1) is 11.3 Å². The quantitative estimate of drug-likeness (QED) is 0.557. The maximum Gasteiger partial charge on any atom is 0.282 e. The number of methoxy groups -OCH3 is 2. The lowest BCUT2D eigenvalue weighted by molar-refractivity contribution is -0.120. The monoisotopic (exact) mass is 440 g/mol. The Morgan fingerprint density at radius 2 is 1.77 bits per heavy atom. The number of amides is 2. The van der Waals surface area contributed by atoms with Gasteiger partial charge in [-0.25, -0.2) is 4.90 Å². The van der Waals surface area contributed by atoms with Gasteiger partial charge in [-0.1, -0.05) is 29.8 Å². The predicted octanol–water partition coefficient (Wildman–Crippen LogP) is 4.82. The summed E-state index contributed by atoms with van der Waals surface area (Å²) < 4.78 is 10.7. The van der Waals surface area contributed by atoms with Crippen molar-refractivity contribution in [2.24, 2.45) is 0 Å². The summed E-state index contributed by atoms with van der Waals surface area (Å²) in [5.74, 6) is 0.142. The van der Waals surface area contributed by atoms with Gasteiger partial charge in [0.05, 0.1) is 36.2 Å². The average Bonchev–Trinajstić information content (AvgIpc) is 3.36. The number of rotatable bonds is 6. The largest absolute Gasteiger partial charge is 0.497 e. The summed E-state index contributed by atoms with van der Waals surface area (Å²) in [7, 11) is 3.07. The van der Waals surface area contributed by atoms with E-state index in [1.807, 2.05) is 11.4 Å². The summed E-state index contributed by atoms with van der Waals surface area (Å²) in [5, 5.41) is 5.26. The highest BCUT2D eigenvalue weighted by Crippen LogP contribution is 2.39. The molecule has 0 spiro atoms. The van der Waals surface area contributed by atoms with E-state index in [0.717, 1.165) is 4.90 Å². The number of nitrogens with one attached hydrogen (secondary N) is 1. The molecular formula is C22H17ClN2O4S. The molecule has 0 fully saturated rings. The van der Waals surface area contributed by atoms with Crippen molar-refractivity contribution < 1.29 is 19.1 Å². The van der Waals surface area contributed by atoms with Gasteiger partial charge in [0.2, 0.25) is 0 Å². The van der Waals surface area contributed by atoms with Crippen molar-refractivity contribution in [2.45, 2.75) is 0 Å². The van der Waals surface area contributed by atoms with Crippen molar-refractivity contribution in [1.82, 2.24) is 0 Å². The van der Waals surface area contributed by atoms with Crippen LogP contribution in [0.2, 0.25) is 5.02 Å². The van der Waals surface area contributed by atoms with Gasteiger partial charge in [0.25, 0.3) is 11.8 Å². The molecule has 0 radical (unpaired) electrons. The van der Waals surface area contributed by atoms with Crippen LogP contribution in [0.4, 0.5) is 11.4 Å². The Kier molecular flexibility index (Phi) is 5.48. The zero-order chi connectivity index (χ0) is 21.3. The summed E-state index contributed by atoms with van der Waals surface area (Å²) in [5.41, 5.74) is 1.26. The van der Waals surface area contributed by atoms with E-state index in [1.54, 1.807) is 55.6 Å². The summed E-state index contributed by atoms with van der Waals surface area (Å²) in [6, 6.07) is 15.5. The van der Waals surface area contributed by atoms with Gasteiger partial charge >= 0.3 is 0 Å². The zero-order valence-electron chi connectivity index (χ0n) is 16.1. The van der Waals surface area contributed by atoms with Gasteiger partial charge in [0.15, 0.2) is 0 Å². The van der Waals surface area contributed by atoms with Crippen LogP contribution in [0, 0.1) is 0 Å². The second-order valence-electron chi connectivity index (χ2n) is 6.32. The normalized spacial score (nSPS) is 13.8. The van der Waals surface area contributed by atoms with E-state index in [0.29, 0.717) is 32.8 Å². The second-order valence-corrected chi connectivity index (χ2v) is 7.67. The number of para-hydroxylation sites is 1. The molecule has 1 aliphatic rings. The first-order chi connectivity index (χ1) is 14.5. The van der Waals surface area contributed by atoms with Gasteiger partial charge in [-0.05, 0) is 35.7 Å². The number of halogens is 1. The van der Waals surface area contributed by atoms with Gasteiger partial charge < -0.3 is 14.8 Å². The lowest BCUT2D eigenvalue weighted by atomic mass is 10.1. The Balaban J connectivity index is 1.84. The first-order valence-electron chi connectivity index (χ1n) is 8.95. The van der Waals surface area contributed by atoms with Crippen molar-refractivity contribution in [3.8, 4) is 11.5 Å². The number of benzene rings is 2. The Labute approximate surface area is 182 Å². The fourth-order valence-corrected chi connectivity index (χ4v) is 4.18. The molecule has 3 aromatic rings. The fraction of sp³-hybridized carbons (Fsp3) is 0.0909. The van der Waals surface area contributed by atoms with Crippen molar-refractivity contribution in [2.75, 3.05) is 24.4 Å². The van der Waals surface area contributed by atoms with Gasteiger partial charge in [0, 0.05) is 10.9 Å². The lowest BCUT2D eigenvalue weighted by Gasteiger charge is -2.17. The molecule has 8 heteroatoms. The predicted molar refractivity (Wildman–Crippen MR) is 118 cm³/mol. The van der Waals surface area contributed by atoms with E-state index >= 15 is 0 Å². The molecular weight excluding hydrogens is 424 g/mol. The van der Waals surface area contributed by atoms with Crippen LogP contribution in [-0.4, -0.2) is 26.0 Å². The molecule has 0 saturated heterocycles. The molecule has 0 unspecified atom stereocenters. The van der Waals surface area contributed by atoms with Crippen LogP contribution in [0.25, 0.3) is 5.57 Å². The molecule has 2 aromatic carbocycles. The first kappa shape index (κ1) is 20.0. The standard InChI is InChI=1S/C22H17ClN2O4S/c1-28-13-9-10-17(29-2)15(12-13)24-20-19(18-8-5-11-30-18)21(26)25(22(20)27)16-7-4-3-6-14(16)23/h3-12,24H,1-2H3. The number of ether oxygens (including phenoxy) is 2. The Morgan fingerprint density at radius 1 is 0.967 bits per heavy atom. The van der Waals surface area contributed by atoms with Gasteiger partial charge in [0.1, 0.15) is 17.2 Å². The fourth-order valence-electron chi connectivity index (χ4n) is 3.19. The molecule has 152 valence electrons. The van der Waals surface area contributed by atoms with E-state index in [1.165, 1.54) is 18.4 Å². The number of carbonyl (C=O) groups excluding carboxylic acids is 2. The number of anilines is 2. The highest BCUT2D eigenvalue weighted by atomic mass is 35.5. The smallest absolute Gasteiger partial charge is 0.282 e. The molecule has 0 bridgehead atoms. The Hall–Kier alpha value is -3.29. The van der Waals surface area contributed by atoms with Crippen LogP contribution in [0.5, 0.6) is 11.5 Å². The molecule has 0 atom stereocenters. The summed E-state index contributed by atoms with van der Waals surface area (Å²) in [6.45, 7) is 0.